The first kappa shape index (κ1) is 12.0. The largest absolute Gasteiger partial charge is 0.477 e. The first-order chi connectivity index (χ1) is 4.27. The van der Waals surface area contributed by atoms with E-state index in [4.69, 9.17) is 34.6 Å². The number of aliphatic carboxylic acids is 1. The van der Waals surface area contributed by atoms with Crippen LogP contribution in [0.2, 0.25) is 0 Å². The molecule has 0 aromatic rings. The zero-order valence-electron chi connectivity index (χ0n) is 4.63. The van der Waals surface area contributed by atoms with E-state index in [-0.39, 0.29) is 0 Å². The molecule has 60 valence electrons. The highest BCUT2D eigenvalue weighted by molar-refractivity contribution is 7.45. The molecule has 0 bridgehead atoms. The van der Waals surface area contributed by atoms with Crippen LogP contribution in [0.5, 0.6) is 0 Å². The topological polar surface area (TPSA) is 139 Å². The van der Waals surface area contributed by atoms with Gasteiger partial charge in [-0.2, -0.15) is 0 Å². The van der Waals surface area contributed by atoms with E-state index in [9.17, 15) is 0 Å². The van der Waals surface area contributed by atoms with Crippen molar-refractivity contribution < 1.29 is 29.1 Å². The fourth-order valence-corrected chi connectivity index (χ4v) is 0. The maximum atomic E-state index is 9.12. The highest BCUT2D eigenvalue weighted by Crippen LogP contribution is 2.25. The summed E-state index contributed by atoms with van der Waals surface area (Å²) in [7, 11) is -4.64. The average Bonchev–Trinajstić information content (AvgIpc) is 1.61. The van der Waals surface area contributed by atoms with Gasteiger partial charge in [-0.3, -0.25) is 0 Å². The molecular weight excluding hydrogens is 165 g/mol. The maximum Gasteiger partial charge on any atom is 0.466 e. The van der Waals surface area contributed by atoms with Crippen LogP contribution in [0.1, 0.15) is 0 Å². The SMILES string of the molecule is N=CC(=O)O.O=P(O)(O)O. The Bertz CT molecular complexity index is 151. The number of hydrogen-bond acceptors (Lipinski definition) is 3. The van der Waals surface area contributed by atoms with Crippen LogP contribution in [0.3, 0.4) is 0 Å². The quantitative estimate of drug-likeness (QED) is 0.248. The van der Waals surface area contributed by atoms with Gasteiger partial charge >= 0.3 is 13.8 Å². The molecule has 0 unspecified atom stereocenters. The first-order valence-electron chi connectivity index (χ1n) is 1.79. The van der Waals surface area contributed by atoms with Crippen LogP contribution >= 0.6 is 7.82 Å². The minimum Gasteiger partial charge on any atom is -0.477 e. The van der Waals surface area contributed by atoms with Crippen molar-refractivity contribution in [2.24, 2.45) is 0 Å². The van der Waals surface area contributed by atoms with Crippen LogP contribution < -0.4 is 0 Å². The van der Waals surface area contributed by atoms with E-state index in [1.165, 1.54) is 0 Å². The predicted molar refractivity (Wildman–Crippen MR) is 30.7 cm³/mol. The summed E-state index contributed by atoms with van der Waals surface area (Å²) < 4.78 is 8.88. The molecule has 0 saturated heterocycles. The Morgan fingerprint density at radius 3 is 1.50 bits per heavy atom. The Morgan fingerprint density at radius 2 is 1.50 bits per heavy atom. The molecule has 0 aromatic heterocycles. The Hall–Kier alpha value is -0.750. The Labute approximate surface area is 55.7 Å². The molecule has 10 heavy (non-hydrogen) atoms. The summed E-state index contributed by atoms with van der Waals surface area (Å²) in [6, 6.07) is 0. The third kappa shape index (κ3) is 181. The van der Waals surface area contributed by atoms with Gasteiger partial charge in [-0.15, -0.1) is 0 Å². The van der Waals surface area contributed by atoms with Crippen LogP contribution in [0.4, 0.5) is 0 Å². The van der Waals surface area contributed by atoms with Gasteiger partial charge in [0, 0.05) is 0 Å². The van der Waals surface area contributed by atoms with Gasteiger partial charge in [-0.25, -0.2) is 9.36 Å². The Morgan fingerprint density at radius 1 is 1.40 bits per heavy atom. The van der Waals surface area contributed by atoms with Gasteiger partial charge in [-0.1, -0.05) is 0 Å². The molecule has 0 amide bonds. The molecular formula is C2H6NO6P. The monoisotopic (exact) mass is 171 g/mol. The molecule has 0 aliphatic rings. The van der Waals surface area contributed by atoms with E-state index in [2.05, 4.69) is 0 Å². The van der Waals surface area contributed by atoms with Gasteiger partial charge in [0.15, 0.2) is 0 Å². The van der Waals surface area contributed by atoms with E-state index >= 15 is 0 Å². The van der Waals surface area contributed by atoms with Crippen molar-refractivity contribution in [3.8, 4) is 0 Å². The molecule has 8 heteroatoms. The highest BCUT2D eigenvalue weighted by Gasteiger charge is 2.00. The lowest BCUT2D eigenvalue weighted by Crippen LogP contribution is -1.91. The van der Waals surface area contributed by atoms with Gasteiger partial charge in [0.1, 0.15) is 6.21 Å². The van der Waals surface area contributed by atoms with Gasteiger partial charge in [0.05, 0.1) is 0 Å². The van der Waals surface area contributed by atoms with Crippen molar-refractivity contribution in [3.63, 3.8) is 0 Å². The van der Waals surface area contributed by atoms with Crippen molar-refractivity contribution in [2.75, 3.05) is 0 Å². The minimum absolute atomic E-state index is 0.333. The van der Waals surface area contributed by atoms with Gasteiger partial charge < -0.3 is 25.2 Å². The van der Waals surface area contributed by atoms with Crippen molar-refractivity contribution in [3.05, 3.63) is 0 Å². The van der Waals surface area contributed by atoms with E-state index < -0.39 is 13.8 Å². The number of hydrogen-bond donors (Lipinski definition) is 5. The predicted octanol–water partition coefficient (Wildman–Crippen LogP) is -1.21. The molecule has 0 saturated carbocycles. The number of carbonyl (C=O) groups is 1. The number of carboxylic acid groups (broad SMARTS) is 1. The molecule has 0 heterocycles. The van der Waals surface area contributed by atoms with Crippen molar-refractivity contribution in [1.29, 1.82) is 5.41 Å². The van der Waals surface area contributed by atoms with Crippen molar-refractivity contribution in [2.45, 2.75) is 0 Å². The fourth-order valence-electron chi connectivity index (χ4n) is 0. The second-order valence-electron chi connectivity index (χ2n) is 0.996. The highest BCUT2D eigenvalue weighted by atomic mass is 31.2. The second-order valence-corrected chi connectivity index (χ2v) is 2.02. The summed E-state index contributed by atoms with van der Waals surface area (Å²) in [5, 5.41) is 13.4. The zero-order valence-corrected chi connectivity index (χ0v) is 5.52. The lowest BCUT2D eigenvalue weighted by atomic mass is 10.8. The maximum absolute atomic E-state index is 9.12. The third-order valence-electron chi connectivity index (χ3n) is 0.123. The van der Waals surface area contributed by atoms with Crippen molar-refractivity contribution in [1.82, 2.24) is 0 Å². The number of rotatable bonds is 1. The summed E-state index contributed by atoms with van der Waals surface area (Å²) >= 11 is 0. The van der Waals surface area contributed by atoms with E-state index in [1.807, 2.05) is 0 Å². The number of nitrogens with one attached hydrogen (secondary N) is 1. The molecule has 0 aromatic carbocycles. The van der Waals surface area contributed by atoms with Crippen LogP contribution in [-0.2, 0) is 9.36 Å². The van der Waals surface area contributed by atoms with Gasteiger partial charge in [-0.05, 0) is 0 Å². The summed E-state index contributed by atoms with van der Waals surface area (Å²) in [5.41, 5.74) is 0. The smallest absolute Gasteiger partial charge is 0.466 e. The van der Waals surface area contributed by atoms with Gasteiger partial charge in [0.2, 0.25) is 0 Å². The normalized spacial score (nSPS) is 9.10. The average molecular weight is 171 g/mol. The molecule has 0 fully saturated rings. The number of phosphoric acid groups is 1. The van der Waals surface area contributed by atoms with Crippen LogP contribution in [0.15, 0.2) is 0 Å². The van der Waals surface area contributed by atoms with Crippen LogP contribution in [0, 0.1) is 5.41 Å². The second kappa shape index (κ2) is 5.07. The molecule has 0 atom stereocenters. The summed E-state index contributed by atoms with van der Waals surface area (Å²) in [5.74, 6) is -1.20. The molecule has 7 nitrogen and oxygen atoms in total. The molecule has 0 rings (SSSR count). The fraction of sp³-hybridized carbons (Fsp3) is 0. The molecule has 5 N–H and O–H groups in total. The van der Waals surface area contributed by atoms with Crippen molar-refractivity contribution >= 4 is 20.0 Å². The molecule has 0 aliphatic carbocycles. The molecule has 0 radical (unpaired) electrons. The molecule has 0 spiro atoms. The van der Waals surface area contributed by atoms with Crippen LogP contribution in [0.25, 0.3) is 0 Å². The lowest BCUT2D eigenvalue weighted by Gasteiger charge is -1.82. The van der Waals surface area contributed by atoms with Crippen LogP contribution in [-0.4, -0.2) is 32.0 Å². The zero-order chi connectivity index (χ0) is 8.78. The minimum atomic E-state index is -4.64. The Kier molecular flexibility index (Phi) is 6.07. The summed E-state index contributed by atoms with van der Waals surface area (Å²) in [6.45, 7) is 0. The lowest BCUT2D eigenvalue weighted by molar-refractivity contribution is -0.128. The number of carboxylic acids is 1. The summed E-state index contributed by atoms with van der Waals surface area (Å²) in [6.07, 6.45) is 0.333. The van der Waals surface area contributed by atoms with E-state index in [1.54, 1.807) is 0 Å². The Balaban J connectivity index is 0. The van der Waals surface area contributed by atoms with E-state index in [0.29, 0.717) is 6.21 Å². The third-order valence-corrected chi connectivity index (χ3v) is 0.123. The van der Waals surface area contributed by atoms with E-state index in [0.717, 1.165) is 0 Å². The first-order valence-corrected chi connectivity index (χ1v) is 3.35. The summed E-state index contributed by atoms with van der Waals surface area (Å²) in [4.78, 5) is 30.7. The van der Waals surface area contributed by atoms with Gasteiger partial charge in [0.25, 0.3) is 0 Å². The standard InChI is InChI=1S/C2H3NO2.H3O4P/c3-1-2(4)5;1-5(2,3)4/h1,3H,(H,4,5);(H3,1,2,3,4). The molecule has 0 aliphatic heterocycles.